The maximum atomic E-state index is 11.0. The van der Waals surface area contributed by atoms with Gasteiger partial charge < -0.3 is 9.67 Å². The van der Waals surface area contributed by atoms with Crippen molar-refractivity contribution in [1.82, 2.24) is 9.55 Å². The Morgan fingerprint density at radius 3 is 2.50 bits per heavy atom. The van der Waals surface area contributed by atoms with Gasteiger partial charge in [0.15, 0.2) is 0 Å². The van der Waals surface area contributed by atoms with Crippen molar-refractivity contribution in [2.24, 2.45) is 5.41 Å². The highest BCUT2D eigenvalue weighted by atomic mass is 16.4. The molecule has 2 aromatic rings. The van der Waals surface area contributed by atoms with Crippen LogP contribution in [-0.4, -0.2) is 20.6 Å². The Bertz CT molecular complexity index is 677. The topological polar surface area (TPSA) is 55.1 Å². The molecule has 0 aliphatic carbocycles. The van der Waals surface area contributed by atoms with Crippen LogP contribution in [0, 0.1) is 5.41 Å². The molecule has 1 aromatic carbocycles. The molecule has 0 atom stereocenters. The van der Waals surface area contributed by atoms with Gasteiger partial charge >= 0.3 is 5.97 Å². The van der Waals surface area contributed by atoms with Crippen molar-refractivity contribution in [2.45, 2.75) is 46.6 Å². The zero-order valence-electron chi connectivity index (χ0n) is 14.7. The summed E-state index contributed by atoms with van der Waals surface area (Å²) in [5.74, 6) is -0.894. The van der Waals surface area contributed by atoms with Gasteiger partial charge in [0.2, 0.25) is 0 Å². The van der Waals surface area contributed by atoms with Gasteiger partial charge in [0.1, 0.15) is 0 Å². The van der Waals surface area contributed by atoms with Crippen LogP contribution in [0.5, 0.6) is 0 Å². The van der Waals surface area contributed by atoms with Gasteiger partial charge in [-0.2, -0.15) is 0 Å². The van der Waals surface area contributed by atoms with Crippen LogP contribution in [-0.2, 0) is 6.54 Å². The molecule has 24 heavy (non-hydrogen) atoms. The first-order valence-electron chi connectivity index (χ1n) is 8.32. The van der Waals surface area contributed by atoms with Crippen molar-refractivity contribution >= 4 is 12.0 Å². The van der Waals surface area contributed by atoms with Crippen molar-refractivity contribution in [2.75, 3.05) is 0 Å². The maximum absolute atomic E-state index is 11.0. The summed E-state index contributed by atoms with van der Waals surface area (Å²) in [6.45, 7) is 7.59. The highest BCUT2D eigenvalue weighted by Crippen LogP contribution is 2.24. The number of carbonyl (C=O) groups is 1. The van der Waals surface area contributed by atoms with Gasteiger partial charge in [-0.25, -0.2) is 9.78 Å². The number of aromatic carboxylic acids is 1. The van der Waals surface area contributed by atoms with Gasteiger partial charge in [-0.3, -0.25) is 0 Å². The lowest BCUT2D eigenvalue weighted by molar-refractivity contribution is 0.0697. The van der Waals surface area contributed by atoms with Crippen LogP contribution in [0.4, 0.5) is 0 Å². The number of allylic oxidation sites excluding steroid dienone is 1. The number of benzene rings is 1. The third-order valence-electron chi connectivity index (χ3n) is 3.90. The predicted molar refractivity (Wildman–Crippen MR) is 96.9 cm³/mol. The summed E-state index contributed by atoms with van der Waals surface area (Å²) in [4.78, 5) is 15.1. The zero-order valence-corrected chi connectivity index (χ0v) is 14.7. The van der Waals surface area contributed by atoms with Crippen molar-refractivity contribution in [3.8, 4) is 0 Å². The second kappa shape index (κ2) is 7.95. The Balaban J connectivity index is 2.12. The Labute approximate surface area is 143 Å². The summed E-state index contributed by atoms with van der Waals surface area (Å²) in [5, 5.41) is 9.00. The molecule has 0 unspecified atom stereocenters. The van der Waals surface area contributed by atoms with E-state index in [9.17, 15) is 4.79 Å². The number of carboxylic acid groups (broad SMARTS) is 1. The fourth-order valence-electron chi connectivity index (χ4n) is 2.62. The SMILES string of the molecule is CC(C)(C)CCCC(=Cc1ccc(C(=O)O)cc1)Cn1ccnc1. The molecule has 128 valence electrons. The smallest absolute Gasteiger partial charge is 0.335 e. The number of hydrogen-bond acceptors (Lipinski definition) is 2. The molecule has 0 amide bonds. The Morgan fingerprint density at radius 2 is 1.96 bits per heavy atom. The summed E-state index contributed by atoms with van der Waals surface area (Å²) in [6, 6.07) is 7.03. The minimum absolute atomic E-state index is 0.316. The van der Waals surface area contributed by atoms with E-state index in [1.54, 1.807) is 18.3 Å². The van der Waals surface area contributed by atoms with Gasteiger partial charge in [0.05, 0.1) is 11.9 Å². The third-order valence-corrected chi connectivity index (χ3v) is 3.90. The second-order valence-electron chi connectivity index (χ2n) is 7.38. The van der Waals surface area contributed by atoms with Crippen LogP contribution in [0.15, 0.2) is 48.6 Å². The highest BCUT2D eigenvalue weighted by molar-refractivity contribution is 5.87. The Morgan fingerprint density at radius 1 is 1.25 bits per heavy atom. The van der Waals surface area contributed by atoms with E-state index in [0.29, 0.717) is 11.0 Å². The van der Waals surface area contributed by atoms with Crippen molar-refractivity contribution in [3.63, 3.8) is 0 Å². The summed E-state index contributed by atoms with van der Waals surface area (Å²) in [5.41, 5.74) is 3.01. The lowest BCUT2D eigenvalue weighted by atomic mass is 9.88. The number of rotatable bonds is 7. The third kappa shape index (κ3) is 6.03. The van der Waals surface area contributed by atoms with E-state index in [1.165, 1.54) is 12.0 Å². The average molecular weight is 326 g/mol. The molecule has 0 spiro atoms. The van der Waals surface area contributed by atoms with Crippen molar-refractivity contribution in [1.29, 1.82) is 0 Å². The molecule has 2 rings (SSSR count). The molecule has 0 fully saturated rings. The molecule has 0 saturated heterocycles. The predicted octanol–water partition coefficient (Wildman–Crippen LogP) is 4.88. The normalized spacial score (nSPS) is 12.4. The molecule has 0 bridgehead atoms. The Hall–Kier alpha value is -2.36. The number of imidazole rings is 1. The van der Waals surface area contributed by atoms with Crippen molar-refractivity contribution < 1.29 is 9.90 Å². The fraction of sp³-hybridized carbons (Fsp3) is 0.400. The van der Waals surface area contributed by atoms with Gasteiger partial charge in [0, 0.05) is 18.9 Å². The molecule has 0 saturated carbocycles. The first-order valence-corrected chi connectivity index (χ1v) is 8.32. The van der Waals surface area contributed by atoms with E-state index in [0.717, 1.165) is 24.9 Å². The van der Waals surface area contributed by atoms with E-state index >= 15 is 0 Å². The molecule has 4 nitrogen and oxygen atoms in total. The van der Waals surface area contributed by atoms with Crippen LogP contribution >= 0.6 is 0 Å². The number of aromatic nitrogens is 2. The highest BCUT2D eigenvalue weighted by Gasteiger charge is 2.10. The molecule has 1 heterocycles. The molecule has 4 heteroatoms. The number of hydrogen-bond donors (Lipinski definition) is 1. The molecule has 1 N–H and O–H groups in total. The minimum atomic E-state index is -0.894. The quantitative estimate of drug-likeness (QED) is 0.789. The molecule has 1 aromatic heterocycles. The van der Waals surface area contributed by atoms with Gasteiger partial charge in [-0.15, -0.1) is 0 Å². The Kier molecular flexibility index (Phi) is 5.96. The van der Waals surface area contributed by atoms with E-state index in [4.69, 9.17) is 5.11 Å². The fourth-order valence-corrected chi connectivity index (χ4v) is 2.62. The van der Waals surface area contributed by atoms with Gasteiger partial charge in [-0.05, 0) is 47.9 Å². The van der Waals surface area contributed by atoms with Crippen LogP contribution in [0.1, 0.15) is 56.0 Å². The zero-order chi connectivity index (χ0) is 17.6. The van der Waals surface area contributed by atoms with Crippen LogP contribution in [0.3, 0.4) is 0 Å². The molecular weight excluding hydrogens is 300 g/mol. The van der Waals surface area contributed by atoms with Crippen LogP contribution < -0.4 is 0 Å². The monoisotopic (exact) mass is 326 g/mol. The summed E-state index contributed by atoms with van der Waals surface area (Å²) in [7, 11) is 0. The van der Waals surface area contributed by atoms with E-state index in [1.807, 2.05) is 24.7 Å². The lowest BCUT2D eigenvalue weighted by Crippen LogP contribution is -2.05. The second-order valence-corrected chi connectivity index (χ2v) is 7.38. The van der Waals surface area contributed by atoms with Crippen molar-refractivity contribution in [3.05, 3.63) is 59.7 Å². The van der Waals surface area contributed by atoms with Gasteiger partial charge in [-0.1, -0.05) is 39.0 Å². The van der Waals surface area contributed by atoms with Crippen LogP contribution in [0.2, 0.25) is 0 Å². The van der Waals surface area contributed by atoms with E-state index in [-0.39, 0.29) is 0 Å². The number of nitrogens with zero attached hydrogens (tertiary/aromatic N) is 2. The molecule has 0 aliphatic rings. The van der Waals surface area contributed by atoms with E-state index < -0.39 is 5.97 Å². The molecule has 0 aliphatic heterocycles. The standard InChI is InChI=1S/C20H26N2O2/c1-20(2,3)10-4-5-17(14-22-12-11-21-15-22)13-16-6-8-18(9-7-16)19(23)24/h6-9,11-13,15H,4-5,10,14H2,1-3H3,(H,23,24). The lowest BCUT2D eigenvalue weighted by Gasteiger charge is -2.18. The van der Waals surface area contributed by atoms with E-state index in [2.05, 4.69) is 36.4 Å². The average Bonchev–Trinajstić information content (AvgIpc) is 2.99. The summed E-state index contributed by atoms with van der Waals surface area (Å²) >= 11 is 0. The number of carboxylic acids is 1. The first-order chi connectivity index (χ1) is 11.3. The molecular formula is C20H26N2O2. The van der Waals surface area contributed by atoms with Crippen LogP contribution in [0.25, 0.3) is 6.08 Å². The molecule has 0 radical (unpaired) electrons. The first kappa shape index (κ1) is 18.0. The minimum Gasteiger partial charge on any atom is -0.478 e. The largest absolute Gasteiger partial charge is 0.478 e. The summed E-state index contributed by atoms with van der Waals surface area (Å²) in [6.07, 6.45) is 11.1. The van der Waals surface area contributed by atoms with Gasteiger partial charge in [0.25, 0.3) is 0 Å². The summed E-state index contributed by atoms with van der Waals surface area (Å²) < 4.78 is 2.06. The maximum Gasteiger partial charge on any atom is 0.335 e.